The molecule has 3 N–H and O–H groups in total. The van der Waals surface area contributed by atoms with Gasteiger partial charge < -0.3 is 10.1 Å². The van der Waals surface area contributed by atoms with Crippen LogP contribution in [0.1, 0.15) is 11.1 Å². The number of nitrogens with one attached hydrogen (secondary N) is 1. The van der Waals surface area contributed by atoms with Crippen LogP contribution in [0, 0.1) is 13.8 Å². The van der Waals surface area contributed by atoms with Crippen molar-refractivity contribution < 1.29 is 17.9 Å². The third-order valence-corrected chi connectivity index (χ3v) is 3.85. The number of nitrogens with two attached hydrogens (primary N) is 1. The van der Waals surface area contributed by atoms with E-state index < -0.39 is 10.0 Å². The van der Waals surface area contributed by atoms with E-state index in [2.05, 4.69) is 11.9 Å². The molecule has 0 radical (unpaired) electrons. The summed E-state index contributed by atoms with van der Waals surface area (Å²) in [6.45, 7) is 7.05. The Balaban J connectivity index is 2.86. The molecular formula is C13H18N2O4S. The third kappa shape index (κ3) is 4.07. The van der Waals surface area contributed by atoms with Gasteiger partial charge in [-0.2, -0.15) is 0 Å². The zero-order valence-electron chi connectivity index (χ0n) is 11.5. The van der Waals surface area contributed by atoms with E-state index in [9.17, 15) is 13.2 Å². The molecule has 0 fully saturated rings. The van der Waals surface area contributed by atoms with Gasteiger partial charge in [0, 0.05) is 6.54 Å². The van der Waals surface area contributed by atoms with E-state index in [1.165, 1.54) is 12.1 Å². The van der Waals surface area contributed by atoms with E-state index in [0.29, 0.717) is 23.4 Å². The van der Waals surface area contributed by atoms with Gasteiger partial charge in [-0.3, -0.25) is 4.79 Å². The number of benzene rings is 1. The Morgan fingerprint density at radius 3 is 2.60 bits per heavy atom. The van der Waals surface area contributed by atoms with E-state index in [4.69, 9.17) is 9.88 Å². The molecule has 0 aliphatic rings. The Hall–Kier alpha value is -1.86. The Morgan fingerprint density at radius 2 is 2.05 bits per heavy atom. The van der Waals surface area contributed by atoms with Crippen molar-refractivity contribution in [3.63, 3.8) is 0 Å². The maximum atomic E-state index is 11.4. The molecule has 0 aromatic heterocycles. The van der Waals surface area contributed by atoms with Crippen molar-refractivity contribution >= 4 is 15.9 Å². The minimum absolute atomic E-state index is 0.0541. The fraction of sp³-hybridized carbons (Fsp3) is 0.308. The highest BCUT2D eigenvalue weighted by Crippen LogP contribution is 2.26. The van der Waals surface area contributed by atoms with Gasteiger partial charge in [0.25, 0.3) is 5.91 Å². The maximum Gasteiger partial charge on any atom is 0.258 e. The predicted octanol–water partition coefficient (Wildman–Crippen LogP) is 0.632. The van der Waals surface area contributed by atoms with Crippen molar-refractivity contribution in [3.8, 4) is 5.75 Å². The molecule has 0 aliphatic heterocycles. The Kier molecular flexibility index (Phi) is 5.29. The summed E-state index contributed by atoms with van der Waals surface area (Å²) in [7, 11) is -3.76. The molecule has 6 nitrogen and oxygen atoms in total. The smallest absolute Gasteiger partial charge is 0.258 e. The maximum absolute atomic E-state index is 11.4. The second kappa shape index (κ2) is 6.53. The number of hydrogen-bond donors (Lipinski definition) is 2. The molecule has 7 heteroatoms. The lowest BCUT2D eigenvalue weighted by Gasteiger charge is -2.13. The molecule has 0 unspecified atom stereocenters. The highest BCUT2D eigenvalue weighted by molar-refractivity contribution is 7.89. The monoisotopic (exact) mass is 298 g/mol. The molecular weight excluding hydrogens is 280 g/mol. The molecule has 0 atom stereocenters. The highest BCUT2D eigenvalue weighted by atomic mass is 32.2. The van der Waals surface area contributed by atoms with Gasteiger partial charge in [0.2, 0.25) is 10.0 Å². The second-order valence-electron chi connectivity index (χ2n) is 4.24. The van der Waals surface area contributed by atoms with Crippen molar-refractivity contribution in [1.29, 1.82) is 0 Å². The zero-order valence-corrected chi connectivity index (χ0v) is 12.3. The fourth-order valence-corrected chi connectivity index (χ4v) is 2.45. The quantitative estimate of drug-likeness (QED) is 0.753. The van der Waals surface area contributed by atoms with Crippen molar-refractivity contribution in [3.05, 3.63) is 35.9 Å². The van der Waals surface area contributed by atoms with Gasteiger partial charge in [-0.05, 0) is 37.1 Å². The predicted molar refractivity (Wildman–Crippen MR) is 76.0 cm³/mol. The normalized spacial score (nSPS) is 10.9. The molecule has 0 bridgehead atoms. The van der Waals surface area contributed by atoms with Gasteiger partial charge in [0.15, 0.2) is 6.61 Å². The summed E-state index contributed by atoms with van der Waals surface area (Å²) < 4.78 is 28.1. The second-order valence-corrected chi connectivity index (χ2v) is 5.77. The Bertz CT molecular complexity index is 624. The minimum Gasteiger partial charge on any atom is -0.483 e. The number of carbonyl (C=O) groups is 1. The average Bonchev–Trinajstić information content (AvgIpc) is 2.36. The zero-order chi connectivity index (χ0) is 15.3. The van der Waals surface area contributed by atoms with Gasteiger partial charge in [-0.15, -0.1) is 6.58 Å². The van der Waals surface area contributed by atoms with Gasteiger partial charge in [-0.25, -0.2) is 13.6 Å². The summed E-state index contributed by atoms with van der Waals surface area (Å²) in [6, 6.07) is 2.86. The lowest BCUT2D eigenvalue weighted by atomic mass is 10.1. The molecule has 1 aromatic rings. The SMILES string of the molecule is C=CCNC(=O)COc1ccc(S(N)(=O)=O)c(C)c1C. The van der Waals surface area contributed by atoms with E-state index >= 15 is 0 Å². The number of amides is 1. The number of ether oxygens (including phenoxy) is 1. The van der Waals surface area contributed by atoms with Crippen LogP contribution in [0.2, 0.25) is 0 Å². The molecule has 0 saturated carbocycles. The van der Waals surface area contributed by atoms with Gasteiger partial charge in [-0.1, -0.05) is 6.08 Å². The van der Waals surface area contributed by atoms with Gasteiger partial charge >= 0.3 is 0 Å². The molecule has 110 valence electrons. The van der Waals surface area contributed by atoms with E-state index in [1.54, 1.807) is 19.9 Å². The van der Waals surface area contributed by atoms with Crippen LogP contribution in [-0.4, -0.2) is 27.5 Å². The summed E-state index contributed by atoms with van der Waals surface area (Å²) in [4.78, 5) is 11.5. The van der Waals surface area contributed by atoms with Crippen molar-refractivity contribution in [1.82, 2.24) is 5.32 Å². The summed E-state index contributed by atoms with van der Waals surface area (Å²) >= 11 is 0. The van der Waals surface area contributed by atoms with Crippen molar-refractivity contribution in [2.24, 2.45) is 5.14 Å². The van der Waals surface area contributed by atoms with Crippen LogP contribution in [0.4, 0.5) is 0 Å². The number of hydrogen-bond acceptors (Lipinski definition) is 4. The molecule has 1 aromatic carbocycles. The Labute approximate surface area is 118 Å². The lowest BCUT2D eigenvalue weighted by Crippen LogP contribution is -2.29. The highest BCUT2D eigenvalue weighted by Gasteiger charge is 2.15. The first-order chi connectivity index (χ1) is 9.27. The number of sulfonamides is 1. The molecule has 0 heterocycles. The molecule has 0 spiro atoms. The van der Waals surface area contributed by atoms with E-state index in [1.807, 2.05) is 0 Å². The molecule has 0 aliphatic carbocycles. The Morgan fingerprint density at radius 1 is 1.40 bits per heavy atom. The van der Waals surface area contributed by atoms with Crippen LogP contribution in [0.3, 0.4) is 0 Å². The van der Waals surface area contributed by atoms with Crippen LogP contribution >= 0.6 is 0 Å². The fourth-order valence-electron chi connectivity index (χ4n) is 1.62. The summed E-state index contributed by atoms with van der Waals surface area (Å²) in [5, 5.41) is 7.69. The summed E-state index contributed by atoms with van der Waals surface area (Å²) in [5.41, 5.74) is 1.14. The van der Waals surface area contributed by atoms with E-state index in [-0.39, 0.29) is 17.4 Å². The van der Waals surface area contributed by atoms with Crippen molar-refractivity contribution in [2.45, 2.75) is 18.7 Å². The minimum atomic E-state index is -3.76. The van der Waals surface area contributed by atoms with E-state index in [0.717, 1.165) is 0 Å². The lowest BCUT2D eigenvalue weighted by molar-refractivity contribution is -0.122. The van der Waals surface area contributed by atoms with Crippen molar-refractivity contribution in [2.75, 3.05) is 13.2 Å². The average molecular weight is 298 g/mol. The standard InChI is InChI=1S/C13H18N2O4S/c1-4-7-15-13(16)8-19-11-5-6-12(20(14,17)18)10(3)9(11)2/h4-6H,1,7-8H2,2-3H3,(H,15,16)(H2,14,17,18). The molecule has 20 heavy (non-hydrogen) atoms. The van der Waals surface area contributed by atoms with Crippen LogP contribution in [0.15, 0.2) is 29.7 Å². The first-order valence-electron chi connectivity index (χ1n) is 5.90. The molecule has 1 rings (SSSR count). The number of primary sulfonamides is 1. The first kappa shape index (κ1) is 16.2. The van der Waals surface area contributed by atoms with Crippen LogP contribution in [-0.2, 0) is 14.8 Å². The largest absolute Gasteiger partial charge is 0.483 e. The summed E-state index contributed by atoms with van der Waals surface area (Å²) in [5.74, 6) is 0.168. The molecule has 1 amide bonds. The van der Waals surface area contributed by atoms with Crippen LogP contribution < -0.4 is 15.2 Å². The van der Waals surface area contributed by atoms with Gasteiger partial charge in [0.05, 0.1) is 4.90 Å². The number of carbonyl (C=O) groups excluding carboxylic acids is 1. The number of rotatable bonds is 6. The van der Waals surface area contributed by atoms with Crippen LogP contribution in [0.25, 0.3) is 0 Å². The topological polar surface area (TPSA) is 98.5 Å². The van der Waals surface area contributed by atoms with Crippen LogP contribution in [0.5, 0.6) is 5.75 Å². The van der Waals surface area contributed by atoms with Gasteiger partial charge in [0.1, 0.15) is 5.75 Å². The summed E-state index contributed by atoms with van der Waals surface area (Å²) in [6.07, 6.45) is 1.56. The molecule has 0 saturated heterocycles. The first-order valence-corrected chi connectivity index (χ1v) is 7.45. The third-order valence-electron chi connectivity index (χ3n) is 2.80.